The van der Waals surface area contributed by atoms with Gasteiger partial charge in [-0.05, 0) is 49.1 Å². The molecule has 2 aromatic carbocycles. The number of carbonyl (C=O) groups is 1. The highest BCUT2D eigenvalue weighted by Crippen LogP contribution is 2.35. The SMILES string of the molecule is CC(C)C(=O)NC1CCc2c(c3cc(C#N)ccc3n2Cc2ccccc2OC(F)(F)F)C1. The molecule has 1 N–H and O–H groups in total. The van der Waals surface area contributed by atoms with Gasteiger partial charge in [0.2, 0.25) is 5.91 Å². The second-order valence-electron chi connectivity index (χ2n) is 8.61. The fourth-order valence-corrected chi connectivity index (χ4v) is 4.42. The maximum absolute atomic E-state index is 12.9. The Kier molecular flexibility index (Phi) is 6.07. The molecule has 172 valence electrons. The summed E-state index contributed by atoms with van der Waals surface area (Å²) in [6.45, 7) is 3.89. The van der Waals surface area contributed by atoms with Crippen molar-refractivity contribution in [1.82, 2.24) is 9.88 Å². The molecule has 0 fully saturated rings. The average Bonchev–Trinajstić information content (AvgIpc) is 3.06. The van der Waals surface area contributed by atoms with Gasteiger partial charge >= 0.3 is 6.36 Å². The molecule has 0 saturated carbocycles. The number of amides is 1. The van der Waals surface area contributed by atoms with Gasteiger partial charge in [-0.1, -0.05) is 32.0 Å². The third-order valence-electron chi connectivity index (χ3n) is 5.99. The molecule has 1 aliphatic rings. The molecule has 1 heterocycles. The van der Waals surface area contributed by atoms with Crippen molar-refractivity contribution < 1.29 is 22.7 Å². The Hall–Kier alpha value is -3.47. The highest BCUT2D eigenvalue weighted by Gasteiger charge is 2.32. The van der Waals surface area contributed by atoms with E-state index in [0.29, 0.717) is 24.0 Å². The maximum atomic E-state index is 12.9. The molecule has 1 aromatic heterocycles. The van der Waals surface area contributed by atoms with Crippen LogP contribution in [0.1, 0.15) is 42.7 Å². The van der Waals surface area contributed by atoms with Gasteiger partial charge in [0.15, 0.2) is 0 Å². The van der Waals surface area contributed by atoms with E-state index in [0.717, 1.165) is 28.6 Å². The number of ether oxygens (including phenoxy) is 1. The van der Waals surface area contributed by atoms with Crippen molar-refractivity contribution in [3.05, 3.63) is 64.8 Å². The van der Waals surface area contributed by atoms with Crippen molar-refractivity contribution in [2.45, 2.75) is 52.1 Å². The summed E-state index contributed by atoms with van der Waals surface area (Å²) < 4.78 is 45.0. The standard InChI is InChI=1S/C25H24F3N3O2/c1-15(2)24(32)30-18-8-10-22-20(12-18)19-11-16(13-29)7-9-21(19)31(22)14-17-5-3-4-6-23(17)33-25(26,27)28/h3-7,9,11,15,18H,8,10,12,14H2,1-2H3,(H,30,32). The molecule has 1 amide bonds. The highest BCUT2D eigenvalue weighted by atomic mass is 19.4. The minimum Gasteiger partial charge on any atom is -0.405 e. The summed E-state index contributed by atoms with van der Waals surface area (Å²) in [5, 5.41) is 13.4. The summed E-state index contributed by atoms with van der Waals surface area (Å²) in [7, 11) is 0. The van der Waals surface area contributed by atoms with E-state index in [-0.39, 0.29) is 30.2 Å². The van der Waals surface area contributed by atoms with Crippen LogP contribution in [0.4, 0.5) is 13.2 Å². The number of benzene rings is 2. The normalized spacial score (nSPS) is 15.8. The molecule has 0 bridgehead atoms. The van der Waals surface area contributed by atoms with Crippen LogP contribution < -0.4 is 10.1 Å². The van der Waals surface area contributed by atoms with Crippen molar-refractivity contribution in [3.8, 4) is 11.8 Å². The van der Waals surface area contributed by atoms with Crippen LogP contribution in [0.2, 0.25) is 0 Å². The summed E-state index contributed by atoms with van der Waals surface area (Å²) >= 11 is 0. The first-order valence-electron chi connectivity index (χ1n) is 10.8. The second kappa shape index (κ2) is 8.81. The number of nitriles is 1. The molecule has 1 unspecified atom stereocenters. The Morgan fingerprint density at radius 3 is 2.73 bits per heavy atom. The Balaban J connectivity index is 1.76. The number of para-hydroxylation sites is 1. The number of hydrogen-bond donors (Lipinski definition) is 1. The molecule has 0 aliphatic heterocycles. The van der Waals surface area contributed by atoms with Gasteiger partial charge in [-0.3, -0.25) is 4.79 Å². The van der Waals surface area contributed by atoms with Gasteiger partial charge in [-0.15, -0.1) is 13.2 Å². The van der Waals surface area contributed by atoms with Crippen LogP contribution in [0, 0.1) is 17.2 Å². The number of carbonyl (C=O) groups excluding carboxylic acids is 1. The number of fused-ring (bicyclic) bond motifs is 3. The number of halogens is 3. The van der Waals surface area contributed by atoms with Crippen molar-refractivity contribution >= 4 is 16.8 Å². The summed E-state index contributed by atoms with van der Waals surface area (Å²) in [4.78, 5) is 12.2. The van der Waals surface area contributed by atoms with E-state index in [1.807, 2.05) is 30.5 Å². The fourth-order valence-electron chi connectivity index (χ4n) is 4.42. The van der Waals surface area contributed by atoms with Gasteiger partial charge < -0.3 is 14.6 Å². The monoisotopic (exact) mass is 455 g/mol. The molecule has 0 spiro atoms. The van der Waals surface area contributed by atoms with E-state index in [2.05, 4.69) is 16.1 Å². The van der Waals surface area contributed by atoms with E-state index in [1.54, 1.807) is 18.2 Å². The molecule has 33 heavy (non-hydrogen) atoms. The third kappa shape index (κ3) is 4.82. The Morgan fingerprint density at radius 2 is 2.03 bits per heavy atom. The minimum absolute atomic E-state index is 0.0110. The predicted molar refractivity (Wildman–Crippen MR) is 118 cm³/mol. The molecule has 5 nitrogen and oxygen atoms in total. The number of alkyl halides is 3. The Morgan fingerprint density at radius 1 is 1.27 bits per heavy atom. The maximum Gasteiger partial charge on any atom is 0.573 e. The van der Waals surface area contributed by atoms with Gasteiger partial charge in [0.1, 0.15) is 5.75 Å². The number of aromatic nitrogens is 1. The zero-order valence-corrected chi connectivity index (χ0v) is 18.4. The summed E-state index contributed by atoms with van der Waals surface area (Å²) in [6.07, 6.45) is -2.78. The van der Waals surface area contributed by atoms with E-state index in [1.165, 1.54) is 12.1 Å². The van der Waals surface area contributed by atoms with E-state index in [4.69, 9.17) is 0 Å². The lowest BCUT2D eigenvalue weighted by molar-refractivity contribution is -0.274. The average molecular weight is 455 g/mol. The van der Waals surface area contributed by atoms with Crippen molar-refractivity contribution in [2.24, 2.45) is 5.92 Å². The highest BCUT2D eigenvalue weighted by molar-refractivity contribution is 5.87. The minimum atomic E-state index is -4.78. The van der Waals surface area contributed by atoms with Crippen LogP contribution in [0.5, 0.6) is 5.75 Å². The van der Waals surface area contributed by atoms with Gasteiger partial charge in [-0.2, -0.15) is 5.26 Å². The fraction of sp³-hybridized carbons (Fsp3) is 0.360. The molecular formula is C25H24F3N3O2. The Bertz CT molecular complexity index is 1240. The first kappa shape index (κ1) is 22.7. The zero-order valence-electron chi connectivity index (χ0n) is 18.4. The van der Waals surface area contributed by atoms with Crippen LogP contribution in [-0.2, 0) is 24.2 Å². The van der Waals surface area contributed by atoms with E-state index in [9.17, 15) is 23.2 Å². The third-order valence-corrected chi connectivity index (χ3v) is 5.99. The molecule has 0 radical (unpaired) electrons. The van der Waals surface area contributed by atoms with Crippen LogP contribution in [0.15, 0.2) is 42.5 Å². The molecule has 3 aromatic rings. The summed E-state index contributed by atoms with van der Waals surface area (Å²) in [6, 6.07) is 13.6. The predicted octanol–water partition coefficient (Wildman–Crippen LogP) is 5.09. The zero-order chi connectivity index (χ0) is 23.8. The van der Waals surface area contributed by atoms with Gasteiger partial charge in [0, 0.05) is 34.1 Å². The van der Waals surface area contributed by atoms with Crippen LogP contribution >= 0.6 is 0 Å². The topological polar surface area (TPSA) is 67.0 Å². The van der Waals surface area contributed by atoms with Crippen LogP contribution in [-0.4, -0.2) is 22.9 Å². The number of hydrogen-bond acceptors (Lipinski definition) is 3. The lowest BCUT2D eigenvalue weighted by Gasteiger charge is -2.26. The molecule has 1 atom stereocenters. The smallest absolute Gasteiger partial charge is 0.405 e. The van der Waals surface area contributed by atoms with Crippen molar-refractivity contribution in [1.29, 1.82) is 5.26 Å². The van der Waals surface area contributed by atoms with Gasteiger partial charge in [-0.25, -0.2) is 0 Å². The van der Waals surface area contributed by atoms with Crippen LogP contribution in [0.25, 0.3) is 10.9 Å². The van der Waals surface area contributed by atoms with E-state index >= 15 is 0 Å². The van der Waals surface area contributed by atoms with Crippen LogP contribution in [0.3, 0.4) is 0 Å². The molecule has 0 saturated heterocycles. The molecule has 8 heteroatoms. The largest absolute Gasteiger partial charge is 0.573 e. The number of nitrogens with zero attached hydrogens (tertiary/aromatic N) is 2. The second-order valence-corrected chi connectivity index (χ2v) is 8.61. The quantitative estimate of drug-likeness (QED) is 0.583. The molecule has 4 rings (SSSR count). The van der Waals surface area contributed by atoms with Crippen molar-refractivity contribution in [2.75, 3.05) is 0 Å². The first-order valence-corrected chi connectivity index (χ1v) is 10.8. The summed E-state index contributed by atoms with van der Waals surface area (Å²) in [5.41, 5.74) is 3.80. The van der Waals surface area contributed by atoms with Gasteiger partial charge in [0.05, 0.1) is 18.2 Å². The first-order chi connectivity index (χ1) is 15.7. The lowest BCUT2D eigenvalue weighted by atomic mass is 9.90. The van der Waals surface area contributed by atoms with Crippen molar-refractivity contribution in [3.63, 3.8) is 0 Å². The molecular weight excluding hydrogens is 431 g/mol. The van der Waals surface area contributed by atoms with Gasteiger partial charge in [0.25, 0.3) is 0 Å². The molecule has 1 aliphatic carbocycles. The Labute approximate surface area is 189 Å². The number of rotatable bonds is 5. The summed E-state index contributed by atoms with van der Waals surface area (Å²) in [5.74, 6) is -0.363. The lowest BCUT2D eigenvalue weighted by Crippen LogP contribution is -2.41. The van der Waals surface area contributed by atoms with E-state index < -0.39 is 6.36 Å². The number of nitrogens with one attached hydrogen (secondary N) is 1.